The highest BCUT2D eigenvalue weighted by atomic mass is 16.7. The van der Waals surface area contributed by atoms with Crippen LogP contribution in [0, 0.1) is 0 Å². The number of Topliss-reactive ketones (excluding diaryl/α,β-unsaturated/α-hetero) is 1. The number of hydrogen-bond acceptors (Lipinski definition) is 11. The SMILES string of the molecule is O=C(CCCCO)CCCCCCCCC1N[C@H](CO)[C@H](O)[C@@H]1O[C@@H]1O[C@H](CO)[C@@H](O)[C@H](O)[C@H]1O. The fourth-order valence-corrected chi connectivity index (χ4v) is 4.81. The van der Waals surface area contributed by atoms with Crippen LogP contribution < -0.4 is 5.32 Å². The Hall–Kier alpha value is -0.730. The number of ketones is 1. The van der Waals surface area contributed by atoms with E-state index in [1.807, 2.05) is 0 Å². The number of carbonyl (C=O) groups is 1. The third-order valence-electron chi connectivity index (χ3n) is 6.99. The number of hydrogen-bond donors (Lipinski definition) is 8. The van der Waals surface area contributed by atoms with Crippen molar-refractivity contribution in [3.8, 4) is 0 Å². The fourth-order valence-electron chi connectivity index (χ4n) is 4.81. The van der Waals surface area contributed by atoms with Crippen molar-refractivity contribution >= 4 is 5.78 Å². The van der Waals surface area contributed by atoms with Crippen LogP contribution in [0.1, 0.15) is 70.6 Å². The third kappa shape index (κ3) is 9.26. The van der Waals surface area contributed by atoms with Gasteiger partial charge in [-0.3, -0.25) is 4.79 Å². The van der Waals surface area contributed by atoms with Gasteiger partial charge in [-0.2, -0.15) is 0 Å². The van der Waals surface area contributed by atoms with Gasteiger partial charge in [0.2, 0.25) is 0 Å². The zero-order valence-electron chi connectivity index (χ0n) is 20.5. The van der Waals surface area contributed by atoms with Crippen molar-refractivity contribution in [3.63, 3.8) is 0 Å². The highest BCUT2D eigenvalue weighted by Crippen LogP contribution is 2.28. The molecule has 11 heteroatoms. The van der Waals surface area contributed by atoms with E-state index in [2.05, 4.69) is 5.32 Å². The van der Waals surface area contributed by atoms with E-state index in [4.69, 9.17) is 14.6 Å². The molecule has 0 radical (unpaired) electrons. The van der Waals surface area contributed by atoms with E-state index in [1.165, 1.54) is 0 Å². The summed E-state index contributed by atoms with van der Waals surface area (Å²) in [6.45, 7) is -0.744. The van der Waals surface area contributed by atoms with Crippen molar-refractivity contribution in [3.05, 3.63) is 0 Å². The molecule has 2 aliphatic heterocycles. The summed E-state index contributed by atoms with van der Waals surface area (Å²) in [6, 6.07) is -0.920. The largest absolute Gasteiger partial charge is 0.396 e. The van der Waals surface area contributed by atoms with Crippen molar-refractivity contribution in [2.75, 3.05) is 19.8 Å². The molecule has 2 heterocycles. The first-order valence-electron chi connectivity index (χ1n) is 13.0. The average molecular weight is 508 g/mol. The molecule has 0 aromatic rings. The Bertz CT molecular complexity index is 595. The normalized spacial score (nSPS) is 35.5. The Morgan fingerprint density at radius 3 is 1.97 bits per heavy atom. The number of nitrogens with one attached hydrogen (secondary N) is 1. The van der Waals surface area contributed by atoms with Crippen molar-refractivity contribution in [1.29, 1.82) is 0 Å². The minimum absolute atomic E-state index is 0.129. The Kier molecular flexibility index (Phi) is 14.1. The van der Waals surface area contributed by atoms with Crippen LogP contribution in [0.4, 0.5) is 0 Å². The van der Waals surface area contributed by atoms with Crippen molar-refractivity contribution in [2.24, 2.45) is 0 Å². The summed E-state index contributed by atoms with van der Waals surface area (Å²) < 4.78 is 11.2. The maximum Gasteiger partial charge on any atom is 0.187 e. The smallest absolute Gasteiger partial charge is 0.187 e. The Balaban J connectivity index is 1.72. The second-order valence-corrected chi connectivity index (χ2v) is 9.73. The molecule has 0 aromatic carbocycles. The van der Waals surface area contributed by atoms with E-state index in [-0.39, 0.29) is 25.0 Å². The number of carbonyl (C=O) groups excluding carboxylic acids is 1. The number of aliphatic hydroxyl groups excluding tert-OH is 7. The minimum atomic E-state index is -1.57. The van der Waals surface area contributed by atoms with E-state index in [1.54, 1.807) is 0 Å². The molecule has 0 aliphatic carbocycles. The van der Waals surface area contributed by atoms with Crippen LogP contribution in [0.5, 0.6) is 0 Å². The molecule has 0 amide bonds. The van der Waals surface area contributed by atoms with E-state index >= 15 is 0 Å². The number of rotatable bonds is 17. The van der Waals surface area contributed by atoms with Gasteiger partial charge in [0.05, 0.1) is 25.4 Å². The van der Waals surface area contributed by atoms with E-state index in [0.29, 0.717) is 25.7 Å². The van der Waals surface area contributed by atoms with E-state index in [0.717, 1.165) is 44.9 Å². The molecule has 2 fully saturated rings. The molecular weight excluding hydrogens is 462 g/mol. The molecule has 9 atom stereocenters. The van der Waals surface area contributed by atoms with E-state index < -0.39 is 55.6 Å². The zero-order chi connectivity index (χ0) is 25.8. The summed E-state index contributed by atoms with van der Waals surface area (Å²) in [5.41, 5.74) is 0. The Morgan fingerprint density at radius 1 is 0.714 bits per heavy atom. The third-order valence-corrected chi connectivity index (χ3v) is 6.99. The van der Waals surface area contributed by atoms with Crippen LogP contribution in [-0.2, 0) is 14.3 Å². The highest BCUT2D eigenvalue weighted by molar-refractivity contribution is 5.78. The van der Waals surface area contributed by atoms with Gasteiger partial charge >= 0.3 is 0 Å². The number of unbranched alkanes of at least 4 members (excludes halogenated alkanes) is 6. The fraction of sp³-hybridized carbons (Fsp3) is 0.958. The van der Waals surface area contributed by atoms with Gasteiger partial charge in [-0.1, -0.05) is 32.1 Å². The summed E-state index contributed by atoms with van der Waals surface area (Å²) in [5, 5.41) is 71.7. The highest BCUT2D eigenvalue weighted by Gasteiger charge is 2.49. The van der Waals surface area contributed by atoms with Crippen LogP contribution in [0.25, 0.3) is 0 Å². The summed E-state index contributed by atoms with van der Waals surface area (Å²) in [6.07, 6.45) is -0.0504. The summed E-state index contributed by atoms with van der Waals surface area (Å²) in [5.74, 6) is 0.258. The first kappa shape index (κ1) is 30.5. The maximum absolute atomic E-state index is 11.7. The lowest BCUT2D eigenvalue weighted by molar-refractivity contribution is -0.316. The molecule has 0 saturated carbocycles. The van der Waals surface area contributed by atoms with Gasteiger partial charge in [0.25, 0.3) is 0 Å². The average Bonchev–Trinajstić information content (AvgIpc) is 3.15. The lowest BCUT2D eigenvalue weighted by atomic mass is 9.98. The van der Waals surface area contributed by atoms with Crippen LogP contribution in [-0.4, -0.2) is 116 Å². The first-order chi connectivity index (χ1) is 16.8. The minimum Gasteiger partial charge on any atom is -0.396 e. The molecule has 11 nitrogen and oxygen atoms in total. The lowest BCUT2D eigenvalue weighted by Gasteiger charge is -2.41. The molecule has 0 bridgehead atoms. The topological polar surface area (TPSA) is 189 Å². The molecule has 2 rings (SSSR count). The van der Waals surface area contributed by atoms with Crippen molar-refractivity contribution in [2.45, 2.75) is 126 Å². The Morgan fingerprint density at radius 2 is 1.34 bits per heavy atom. The monoisotopic (exact) mass is 507 g/mol. The molecule has 206 valence electrons. The number of ether oxygens (including phenoxy) is 2. The molecule has 0 spiro atoms. The second-order valence-electron chi connectivity index (χ2n) is 9.73. The van der Waals surface area contributed by atoms with Gasteiger partial charge in [0, 0.05) is 25.5 Å². The quantitative estimate of drug-likeness (QED) is 0.109. The first-order valence-corrected chi connectivity index (χ1v) is 13.0. The van der Waals surface area contributed by atoms with Gasteiger partial charge < -0.3 is 50.5 Å². The van der Waals surface area contributed by atoms with Gasteiger partial charge in [-0.05, 0) is 25.7 Å². The molecule has 8 N–H and O–H groups in total. The second kappa shape index (κ2) is 16.2. The van der Waals surface area contributed by atoms with Crippen LogP contribution in [0.3, 0.4) is 0 Å². The summed E-state index contributed by atoms with van der Waals surface area (Å²) in [7, 11) is 0. The molecule has 1 unspecified atom stereocenters. The standard InChI is InChI=1S/C24H45NO10/c26-12-8-7-10-15(29)9-5-3-1-2-4-6-11-16-23(19(30)17(13-27)25-16)35-24-22(33)21(32)20(31)18(14-28)34-24/h16-28,30-33H,1-14H2/t16?,17-,18-,19+,20-,21+,22-,23-,24+/m1/s1. The maximum atomic E-state index is 11.7. The number of aliphatic hydroxyl groups is 7. The predicted molar refractivity (Wildman–Crippen MR) is 125 cm³/mol. The van der Waals surface area contributed by atoms with Gasteiger partial charge in [-0.25, -0.2) is 0 Å². The van der Waals surface area contributed by atoms with Gasteiger partial charge in [0.1, 0.15) is 36.3 Å². The molecule has 35 heavy (non-hydrogen) atoms. The van der Waals surface area contributed by atoms with Crippen LogP contribution in [0.15, 0.2) is 0 Å². The van der Waals surface area contributed by atoms with Crippen LogP contribution >= 0.6 is 0 Å². The van der Waals surface area contributed by atoms with Gasteiger partial charge in [0.15, 0.2) is 6.29 Å². The zero-order valence-corrected chi connectivity index (χ0v) is 20.5. The van der Waals surface area contributed by atoms with E-state index in [9.17, 15) is 35.4 Å². The summed E-state index contributed by atoms with van der Waals surface area (Å²) >= 11 is 0. The molecule has 2 saturated heterocycles. The Labute approximate surface area is 207 Å². The molecule has 0 aromatic heterocycles. The molecule has 2 aliphatic rings. The van der Waals surface area contributed by atoms with Crippen molar-refractivity contribution < 1.29 is 50.0 Å². The summed E-state index contributed by atoms with van der Waals surface area (Å²) in [4.78, 5) is 11.7. The van der Waals surface area contributed by atoms with Crippen molar-refractivity contribution in [1.82, 2.24) is 5.32 Å². The van der Waals surface area contributed by atoms with Gasteiger partial charge in [-0.15, -0.1) is 0 Å². The molecular formula is C24H45NO10. The van der Waals surface area contributed by atoms with Crippen LogP contribution in [0.2, 0.25) is 0 Å². The lowest BCUT2D eigenvalue weighted by Crippen LogP contribution is -2.60. The predicted octanol–water partition coefficient (Wildman–Crippen LogP) is -1.28.